The number of nitrogens with one attached hydrogen (secondary N) is 1. The number of hydrogen-bond acceptors (Lipinski definition) is 3. The van der Waals surface area contributed by atoms with Crippen molar-refractivity contribution in [3.8, 4) is 11.5 Å². The summed E-state index contributed by atoms with van der Waals surface area (Å²) >= 11 is 6.10. The molecule has 0 saturated heterocycles. The van der Waals surface area contributed by atoms with Crippen molar-refractivity contribution in [3.05, 3.63) is 53.2 Å². The Hall–Kier alpha value is -2.66. The van der Waals surface area contributed by atoms with E-state index in [1.807, 2.05) is 42.0 Å². The second kappa shape index (κ2) is 7.07. The number of amides is 1. The topological polar surface area (TPSA) is 52.5 Å². The Bertz CT molecular complexity index is 934. The van der Waals surface area contributed by atoms with Gasteiger partial charge in [0.05, 0.1) is 19.9 Å². The molecule has 0 atom stereocenters. The van der Waals surface area contributed by atoms with Gasteiger partial charge >= 0.3 is 0 Å². The maximum absolute atomic E-state index is 12.5. The van der Waals surface area contributed by atoms with Crippen LogP contribution < -0.4 is 14.8 Å². The molecule has 1 amide bonds. The van der Waals surface area contributed by atoms with Crippen molar-refractivity contribution < 1.29 is 14.3 Å². The number of aryl methyl sites for hydroxylation is 1. The zero-order valence-electron chi connectivity index (χ0n) is 14.3. The normalized spacial score (nSPS) is 10.7. The first-order valence-electron chi connectivity index (χ1n) is 7.78. The van der Waals surface area contributed by atoms with Crippen LogP contribution in [0.4, 0.5) is 5.69 Å². The van der Waals surface area contributed by atoms with Gasteiger partial charge in [0.15, 0.2) is 0 Å². The van der Waals surface area contributed by atoms with E-state index >= 15 is 0 Å². The second-order valence-electron chi connectivity index (χ2n) is 5.72. The van der Waals surface area contributed by atoms with Gasteiger partial charge in [0.25, 0.3) is 0 Å². The Morgan fingerprint density at radius 3 is 2.68 bits per heavy atom. The molecule has 0 aliphatic heterocycles. The number of carbonyl (C=O) groups excluding carboxylic acids is 1. The van der Waals surface area contributed by atoms with E-state index in [-0.39, 0.29) is 12.5 Å². The van der Waals surface area contributed by atoms with E-state index in [1.54, 1.807) is 26.4 Å². The number of fused-ring (bicyclic) bond motifs is 1. The third kappa shape index (κ3) is 3.56. The first kappa shape index (κ1) is 17.2. The number of anilines is 1. The molecule has 3 aromatic rings. The summed E-state index contributed by atoms with van der Waals surface area (Å²) < 4.78 is 12.4. The summed E-state index contributed by atoms with van der Waals surface area (Å²) in [5.41, 5.74) is 2.44. The van der Waals surface area contributed by atoms with Crippen LogP contribution in [0.5, 0.6) is 11.5 Å². The van der Waals surface area contributed by atoms with Gasteiger partial charge in [0.1, 0.15) is 18.0 Å². The summed E-state index contributed by atoms with van der Waals surface area (Å²) in [6.45, 7) is 2.07. The SMILES string of the molecule is COc1ccc2c(ccn2CC(=O)Nc2cc(C)c(Cl)cc2OC)c1. The molecule has 130 valence electrons. The van der Waals surface area contributed by atoms with E-state index in [1.165, 1.54) is 0 Å². The molecule has 1 N–H and O–H groups in total. The molecule has 25 heavy (non-hydrogen) atoms. The predicted octanol–water partition coefficient (Wildman–Crippen LogP) is 4.26. The van der Waals surface area contributed by atoms with E-state index < -0.39 is 0 Å². The number of nitrogens with zero attached hydrogens (tertiary/aromatic N) is 1. The van der Waals surface area contributed by atoms with Gasteiger partial charge in [-0.05, 0) is 42.8 Å². The highest BCUT2D eigenvalue weighted by Gasteiger charge is 2.12. The number of benzene rings is 2. The van der Waals surface area contributed by atoms with E-state index in [0.717, 1.165) is 22.2 Å². The molecule has 0 spiro atoms. The molecule has 6 heteroatoms. The number of carbonyl (C=O) groups is 1. The number of hydrogen-bond donors (Lipinski definition) is 1. The van der Waals surface area contributed by atoms with Gasteiger partial charge in [-0.3, -0.25) is 4.79 Å². The Morgan fingerprint density at radius 2 is 1.96 bits per heavy atom. The minimum atomic E-state index is -0.145. The van der Waals surface area contributed by atoms with Crippen LogP contribution in [0.3, 0.4) is 0 Å². The Morgan fingerprint density at radius 1 is 1.16 bits per heavy atom. The highest BCUT2D eigenvalue weighted by Crippen LogP contribution is 2.31. The van der Waals surface area contributed by atoms with E-state index in [9.17, 15) is 4.79 Å². The first-order valence-corrected chi connectivity index (χ1v) is 8.16. The summed E-state index contributed by atoms with van der Waals surface area (Å²) in [7, 11) is 3.18. The van der Waals surface area contributed by atoms with Gasteiger partial charge in [-0.1, -0.05) is 11.6 Å². The number of rotatable bonds is 5. The fraction of sp³-hybridized carbons (Fsp3) is 0.211. The molecule has 0 radical (unpaired) electrons. The molecule has 0 fully saturated rings. The van der Waals surface area contributed by atoms with Gasteiger partial charge in [0.2, 0.25) is 5.91 Å². The molecule has 0 bridgehead atoms. The van der Waals surface area contributed by atoms with Crippen molar-refractivity contribution in [1.29, 1.82) is 0 Å². The Kier molecular flexibility index (Phi) is 4.86. The highest BCUT2D eigenvalue weighted by atomic mass is 35.5. The smallest absolute Gasteiger partial charge is 0.244 e. The van der Waals surface area contributed by atoms with Crippen LogP contribution in [0.25, 0.3) is 10.9 Å². The van der Waals surface area contributed by atoms with Gasteiger partial charge < -0.3 is 19.4 Å². The fourth-order valence-corrected chi connectivity index (χ4v) is 2.87. The van der Waals surface area contributed by atoms with Crippen molar-refractivity contribution in [2.45, 2.75) is 13.5 Å². The first-order chi connectivity index (χ1) is 12.0. The summed E-state index contributed by atoms with van der Waals surface area (Å²) in [6, 6.07) is 11.2. The third-order valence-corrected chi connectivity index (χ3v) is 4.45. The molecular weight excluding hydrogens is 340 g/mol. The maximum Gasteiger partial charge on any atom is 0.244 e. The van der Waals surface area contributed by atoms with Gasteiger partial charge in [-0.15, -0.1) is 0 Å². The van der Waals surface area contributed by atoms with Crippen molar-refractivity contribution in [2.24, 2.45) is 0 Å². The van der Waals surface area contributed by atoms with Gasteiger partial charge in [0, 0.05) is 28.2 Å². The number of aromatic nitrogens is 1. The molecule has 5 nitrogen and oxygen atoms in total. The quantitative estimate of drug-likeness (QED) is 0.741. The molecule has 1 heterocycles. The van der Waals surface area contributed by atoms with E-state index in [0.29, 0.717) is 16.5 Å². The third-order valence-electron chi connectivity index (χ3n) is 4.05. The number of ether oxygens (including phenoxy) is 2. The van der Waals surface area contributed by atoms with Crippen molar-refractivity contribution >= 4 is 34.1 Å². The number of halogens is 1. The zero-order valence-corrected chi connectivity index (χ0v) is 15.1. The lowest BCUT2D eigenvalue weighted by Crippen LogP contribution is -2.18. The van der Waals surface area contributed by atoms with E-state index in [4.69, 9.17) is 21.1 Å². The van der Waals surface area contributed by atoms with Crippen molar-refractivity contribution in [3.63, 3.8) is 0 Å². The second-order valence-corrected chi connectivity index (χ2v) is 6.13. The summed E-state index contributed by atoms with van der Waals surface area (Å²) in [4.78, 5) is 12.5. The molecule has 0 aliphatic carbocycles. The van der Waals surface area contributed by atoms with Crippen LogP contribution in [0, 0.1) is 6.92 Å². The monoisotopic (exact) mass is 358 g/mol. The lowest BCUT2D eigenvalue weighted by Gasteiger charge is -2.13. The van der Waals surface area contributed by atoms with Crippen LogP contribution in [-0.2, 0) is 11.3 Å². The highest BCUT2D eigenvalue weighted by molar-refractivity contribution is 6.31. The maximum atomic E-state index is 12.5. The lowest BCUT2D eigenvalue weighted by atomic mass is 10.2. The van der Waals surface area contributed by atoms with Crippen LogP contribution in [0.2, 0.25) is 5.02 Å². The molecule has 3 rings (SSSR count). The fourth-order valence-electron chi connectivity index (χ4n) is 2.72. The van der Waals surface area contributed by atoms with Gasteiger partial charge in [-0.25, -0.2) is 0 Å². The largest absolute Gasteiger partial charge is 0.497 e. The zero-order chi connectivity index (χ0) is 18.0. The Balaban J connectivity index is 1.80. The minimum absolute atomic E-state index is 0.145. The predicted molar refractivity (Wildman–Crippen MR) is 99.9 cm³/mol. The van der Waals surface area contributed by atoms with Crippen molar-refractivity contribution in [2.75, 3.05) is 19.5 Å². The summed E-state index contributed by atoms with van der Waals surface area (Å²) in [6.07, 6.45) is 1.88. The summed E-state index contributed by atoms with van der Waals surface area (Å²) in [5, 5.41) is 4.50. The Labute approximate surface area is 151 Å². The molecule has 0 unspecified atom stereocenters. The van der Waals surface area contributed by atoms with Crippen LogP contribution >= 0.6 is 11.6 Å². The molecule has 2 aromatic carbocycles. The molecular formula is C19H19ClN2O3. The average Bonchev–Trinajstić information content (AvgIpc) is 2.99. The number of methoxy groups -OCH3 is 2. The van der Waals surface area contributed by atoms with E-state index in [2.05, 4.69) is 5.32 Å². The van der Waals surface area contributed by atoms with Crippen LogP contribution in [0.15, 0.2) is 42.6 Å². The molecule has 1 aromatic heterocycles. The van der Waals surface area contributed by atoms with Crippen molar-refractivity contribution in [1.82, 2.24) is 4.57 Å². The molecule has 0 saturated carbocycles. The van der Waals surface area contributed by atoms with Crippen LogP contribution in [0.1, 0.15) is 5.56 Å². The standard InChI is InChI=1S/C19H19ClN2O3/c1-12-8-16(18(25-3)10-15(12)20)21-19(23)11-22-7-6-13-9-14(24-2)4-5-17(13)22/h4-10H,11H2,1-3H3,(H,21,23). The van der Waals surface area contributed by atoms with Gasteiger partial charge in [-0.2, -0.15) is 0 Å². The molecule has 0 aliphatic rings. The lowest BCUT2D eigenvalue weighted by molar-refractivity contribution is -0.116. The average molecular weight is 359 g/mol. The van der Waals surface area contributed by atoms with Crippen LogP contribution in [-0.4, -0.2) is 24.7 Å². The summed E-state index contributed by atoms with van der Waals surface area (Å²) in [5.74, 6) is 1.18. The minimum Gasteiger partial charge on any atom is -0.497 e.